The standard InChI is InChI=1S/C23H27N3O4S2/c1-25(32(28,29)20-9-8-18-5-2-3-6-19(18)15-20)17-23(27)24-16-21(22-7-4-14-31-22)26-10-12-30-13-11-26/h2-9,14-15,21H,10-13,16-17H2,1H3,(H,24,27). The zero-order valence-electron chi connectivity index (χ0n) is 17.9. The number of likely N-dealkylation sites (N-methyl/N-ethyl adjacent to an activating group) is 1. The number of fused-ring (bicyclic) bond motifs is 1. The van der Waals surface area contributed by atoms with Crippen LogP contribution in [0, 0.1) is 0 Å². The molecule has 2 heterocycles. The Balaban J connectivity index is 1.40. The molecule has 1 unspecified atom stereocenters. The largest absolute Gasteiger partial charge is 0.379 e. The molecule has 2 aromatic carbocycles. The van der Waals surface area contributed by atoms with Crippen molar-refractivity contribution < 1.29 is 17.9 Å². The average molecular weight is 474 g/mol. The number of nitrogens with zero attached hydrogens (tertiary/aromatic N) is 2. The molecule has 0 spiro atoms. The van der Waals surface area contributed by atoms with E-state index in [1.54, 1.807) is 29.5 Å². The number of morpholine rings is 1. The Bertz CT molecular complexity index is 1160. The van der Waals surface area contributed by atoms with E-state index >= 15 is 0 Å². The average Bonchev–Trinajstić information content (AvgIpc) is 3.34. The van der Waals surface area contributed by atoms with Crippen molar-refractivity contribution in [3.8, 4) is 0 Å². The number of carbonyl (C=O) groups is 1. The molecule has 1 aliphatic heterocycles. The van der Waals surface area contributed by atoms with Gasteiger partial charge in [0.2, 0.25) is 15.9 Å². The van der Waals surface area contributed by atoms with E-state index in [0.29, 0.717) is 19.8 Å². The van der Waals surface area contributed by atoms with Gasteiger partial charge >= 0.3 is 0 Å². The first-order valence-corrected chi connectivity index (χ1v) is 12.8. The summed E-state index contributed by atoms with van der Waals surface area (Å²) in [4.78, 5) is 16.3. The normalized spacial score (nSPS) is 16.3. The fourth-order valence-corrected chi connectivity index (χ4v) is 5.86. The summed E-state index contributed by atoms with van der Waals surface area (Å²) in [6.45, 7) is 3.12. The highest BCUT2D eigenvalue weighted by Crippen LogP contribution is 2.25. The molecule has 1 fully saturated rings. The van der Waals surface area contributed by atoms with E-state index in [0.717, 1.165) is 28.2 Å². The summed E-state index contributed by atoms with van der Waals surface area (Å²) in [5, 5.41) is 6.76. The minimum atomic E-state index is -3.78. The van der Waals surface area contributed by atoms with Crippen LogP contribution in [0.5, 0.6) is 0 Å². The molecule has 7 nitrogen and oxygen atoms in total. The van der Waals surface area contributed by atoms with Gasteiger partial charge in [0.15, 0.2) is 0 Å². The van der Waals surface area contributed by atoms with Crippen molar-refractivity contribution in [3.63, 3.8) is 0 Å². The number of amides is 1. The highest BCUT2D eigenvalue weighted by Gasteiger charge is 2.26. The molecule has 0 saturated carbocycles. The molecule has 0 aliphatic carbocycles. The van der Waals surface area contributed by atoms with Gasteiger partial charge in [-0.25, -0.2) is 8.42 Å². The summed E-state index contributed by atoms with van der Waals surface area (Å²) in [5.74, 6) is -0.327. The van der Waals surface area contributed by atoms with Gasteiger partial charge < -0.3 is 10.1 Å². The molecule has 9 heteroatoms. The van der Waals surface area contributed by atoms with Gasteiger partial charge in [-0.15, -0.1) is 11.3 Å². The highest BCUT2D eigenvalue weighted by molar-refractivity contribution is 7.89. The number of benzene rings is 2. The fraction of sp³-hybridized carbons (Fsp3) is 0.348. The van der Waals surface area contributed by atoms with E-state index in [-0.39, 0.29) is 23.4 Å². The van der Waals surface area contributed by atoms with E-state index in [1.807, 2.05) is 35.7 Å². The zero-order chi connectivity index (χ0) is 22.6. The summed E-state index contributed by atoms with van der Waals surface area (Å²) < 4.78 is 32.6. The first-order valence-electron chi connectivity index (χ1n) is 10.5. The van der Waals surface area contributed by atoms with Crippen molar-refractivity contribution in [2.45, 2.75) is 10.9 Å². The number of carbonyl (C=O) groups excluding carboxylic acids is 1. The lowest BCUT2D eigenvalue weighted by atomic mass is 10.1. The maximum atomic E-state index is 13.0. The molecule has 3 aromatic rings. The number of ether oxygens (including phenoxy) is 1. The van der Waals surface area contributed by atoms with E-state index in [9.17, 15) is 13.2 Å². The number of sulfonamides is 1. The second kappa shape index (κ2) is 10.1. The Morgan fingerprint density at radius 3 is 2.59 bits per heavy atom. The van der Waals surface area contributed by atoms with Gasteiger partial charge in [0.05, 0.1) is 30.7 Å². The fourth-order valence-electron chi connectivity index (χ4n) is 3.84. The van der Waals surface area contributed by atoms with E-state index < -0.39 is 10.0 Å². The summed E-state index contributed by atoms with van der Waals surface area (Å²) in [5.41, 5.74) is 0. The van der Waals surface area contributed by atoms with Gasteiger partial charge in [-0.2, -0.15) is 4.31 Å². The Morgan fingerprint density at radius 1 is 1.12 bits per heavy atom. The Morgan fingerprint density at radius 2 is 1.88 bits per heavy atom. The van der Waals surface area contributed by atoms with Crippen LogP contribution in [0.25, 0.3) is 10.8 Å². The van der Waals surface area contributed by atoms with Gasteiger partial charge in [0, 0.05) is 31.6 Å². The zero-order valence-corrected chi connectivity index (χ0v) is 19.6. The van der Waals surface area contributed by atoms with Crippen molar-refractivity contribution in [1.82, 2.24) is 14.5 Å². The molecule has 4 rings (SSSR count). The number of rotatable bonds is 8. The highest BCUT2D eigenvalue weighted by atomic mass is 32.2. The predicted octanol–water partition coefficient (Wildman–Crippen LogP) is 2.71. The molecule has 1 N–H and O–H groups in total. The van der Waals surface area contributed by atoms with Gasteiger partial charge in [-0.05, 0) is 34.4 Å². The molecular weight excluding hydrogens is 446 g/mol. The summed E-state index contributed by atoms with van der Waals surface area (Å²) in [6, 6.07) is 16.7. The van der Waals surface area contributed by atoms with Crippen LogP contribution in [0.3, 0.4) is 0 Å². The Hall–Kier alpha value is -2.30. The SMILES string of the molecule is CN(CC(=O)NCC(c1cccs1)N1CCOCC1)S(=O)(=O)c1ccc2ccccc2c1. The van der Waals surface area contributed by atoms with Crippen molar-refractivity contribution in [3.05, 3.63) is 64.9 Å². The van der Waals surface area contributed by atoms with Crippen molar-refractivity contribution in [2.24, 2.45) is 0 Å². The van der Waals surface area contributed by atoms with Crippen LogP contribution in [-0.2, 0) is 19.6 Å². The number of thiophene rings is 1. The van der Waals surface area contributed by atoms with Crippen molar-refractivity contribution in [2.75, 3.05) is 46.4 Å². The van der Waals surface area contributed by atoms with Crippen molar-refractivity contribution >= 4 is 38.0 Å². The smallest absolute Gasteiger partial charge is 0.243 e. The Kier molecular flexibility index (Phi) is 7.22. The van der Waals surface area contributed by atoms with Gasteiger partial charge in [-0.3, -0.25) is 9.69 Å². The molecule has 1 amide bonds. The maximum absolute atomic E-state index is 13.0. The number of hydrogen-bond donors (Lipinski definition) is 1. The van der Waals surface area contributed by atoms with E-state index in [2.05, 4.69) is 16.3 Å². The van der Waals surface area contributed by atoms with E-state index in [1.165, 1.54) is 11.9 Å². The van der Waals surface area contributed by atoms with Crippen LogP contribution in [0.1, 0.15) is 10.9 Å². The van der Waals surface area contributed by atoms with E-state index in [4.69, 9.17) is 4.74 Å². The molecule has 1 aliphatic rings. The maximum Gasteiger partial charge on any atom is 0.243 e. The first kappa shape index (κ1) is 22.9. The Labute approximate surface area is 192 Å². The lowest BCUT2D eigenvalue weighted by Crippen LogP contribution is -2.45. The van der Waals surface area contributed by atoms with Gasteiger partial charge in [0.25, 0.3) is 0 Å². The lowest BCUT2D eigenvalue weighted by molar-refractivity contribution is -0.121. The monoisotopic (exact) mass is 473 g/mol. The molecule has 1 aromatic heterocycles. The van der Waals surface area contributed by atoms with Crippen LogP contribution in [0.2, 0.25) is 0 Å². The minimum Gasteiger partial charge on any atom is -0.379 e. The third kappa shape index (κ3) is 5.19. The third-order valence-electron chi connectivity index (χ3n) is 5.65. The lowest BCUT2D eigenvalue weighted by Gasteiger charge is -2.34. The van der Waals surface area contributed by atoms with Crippen molar-refractivity contribution in [1.29, 1.82) is 0 Å². The van der Waals surface area contributed by atoms with Gasteiger partial charge in [0.1, 0.15) is 0 Å². The van der Waals surface area contributed by atoms with Crippen LogP contribution in [0.15, 0.2) is 64.9 Å². The summed E-state index contributed by atoms with van der Waals surface area (Å²) in [7, 11) is -2.35. The summed E-state index contributed by atoms with van der Waals surface area (Å²) >= 11 is 1.65. The van der Waals surface area contributed by atoms with Crippen LogP contribution in [-0.4, -0.2) is 70.0 Å². The number of hydrogen-bond acceptors (Lipinski definition) is 6. The second-order valence-electron chi connectivity index (χ2n) is 7.75. The molecule has 1 saturated heterocycles. The molecule has 32 heavy (non-hydrogen) atoms. The molecule has 0 radical (unpaired) electrons. The second-order valence-corrected chi connectivity index (χ2v) is 10.8. The third-order valence-corrected chi connectivity index (χ3v) is 8.42. The first-order chi connectivity index (χ1) is 15.4. The van der Waals surface area contributed by atoms with Crippen LogP contribution in [0.4, 0.5) is 0 Å². The van der Waals surface area contributed by atoms with Crippen LogP contribution < -0.4 is 5.32 Å². The minimum absolute atomic E-state index is 0.0465. The topological polar surface area (TPSA) is 79.0 Å². The van der Waals surface area contributed by atoms with Crippen LogP contribution >= 0.6 is 11.3 Å². The molecule has 1 atom stereocenters. The molecule has 0 bridgehead atoms. The molecule has 170 valence electrons. The molecular formula is C23H27N3O4S2. The van der Waals surface area contributed by atoms with Gasteiger partial charge in [-0.1, -0.05) is 36.4 Å². The predicted molar refractivity (Wildman–Crippen MR) is 126 cm³/mol. The quantitative estimate of drug-likeness (QED) is 0.544. The number of nitrogens with one attached hydrogen (secondary N) is 1. The summed E-state index contributed by atoms with van der Waals surface area (Å²) in [6.07, 6.45) is 0.